The maximum absolute atomic E-state index is 12.3. The number of hydrogen-bond acceptors (Lipinski definition) is 4. The molecule has 0 unspecified atom stereocenters. The molecule has 0 saturated carbocycles. The molecule has 0 spiro atoms. The fourth-order valence-corrected chi connectivity index (χ4v) is 2.63. The van der Waals surface area contributed by atoms with Crippen molar-refractivity contribution in [3.8, 4) is 0 Å². The summed E-state index contributed by atoms with van der Waals surface area (Å²) in [5.74, 6) is 0. The van der Waals surface area contributed by atoms with Crippen LogP contribution in [0.1, 0.15) is 19.0 Å². The van der Waals surface area contributed by atoms with Crippen LogP contribution in [0.3, 0.4) is 0 Å². The number of nitrogens with one attached hydrogen (secondary N) is 1. The fraction of sp³-hybridized carbons (Fsp3) is 0.357. The van der Waals surface area contributed by atoms with Gasteiger partial charge in [0, 0.05) is 13.1 Å². The van der Waals surface area contributed by atoms with E-state index >= 15 is 0 Å². The van der Waals surface area contributed by atoms with Crippen LogP contribution in [0.15, 0.2) is 33.2 Å². The Labute approximate surface area is 116 Å². The van der Waals surface area contributed by atoms with E-state index in [-0.39, 0.29) is 5.56 Å². The molecule has 0 saturated heterocycles. The van der Waals surface area contributed by atoms with Gasteiger partial charge in [-0.15, -0.1) is 0 Å². The molecule has 3 rings (SSSR count). The minimum Gasteiger partial charge on any atom is -0.397 e. The summed E-state index contributed by atoms with van der Waals surface area (Å²) < 4.78 is 3.71. The molecule has 0 radical (unpaired) electrons. The standard InChI is InChI=1S/C14H17N5O/c1-8-6-12(11(16)7-10(8)15)17-13-9(2)18-4-3-5-19(18)14(13)20/h6-7,15H,3-5,16H2,1-2H3. The van der Waals surface area contributed by atoms with Gasteiger partial charge in [0.2, 0.25) is 0 Å². The smallest absolute Gasteiger partial charge is 0.292 e. The van der Waals surface area contributed by atoms with E-state index < -0.39 is 0 Å². The number of nitrogens with two attached hydrogens (primary N) is 1. The maximum Gasteiger partial charge on any atom is 0.292 e. The van der Waals surface area contributed by atoms with E-state index in [2.05, 4.69) is 4.99 Å². The molecule has 0 atom stereocenters. The number of hydrogen-bond donors (Lipinski definition) is 2. The molecular weight excluding hydrogens is 254 g/mol. The van der Waals surface area contributed by atoms with Crippen LogP contribution in [0, 0.1) is 12.3 Å². The van der Waals surface area contributed by atoms with Gasteiger partial charge in [0.25, 0.3) is 5.56 Å². The summed E-state index contributed by atoms with van der Waals surface area (Å²) in [5.41, 5.74) is 9.33. The molecule has 6 nitrogen and oxygen atoms in total. The van der Waals surface area contributed by atoms with Crippen LogP contribution in [0.4, 0.5) is 5.69 Å². The largest absolute Gasteiger partial charge is 0.397 e. The van der Waals surface area contributed by atoms with Crippen LogP contribution >= 0.6 is 0 Å². The summed E-state index contributed by atoms with van der Waals surface area (Å²) in [6, 6.07) is 0. The van der Waals surface area contributed by atoms with Crippen LogP contribution in [-0.4, -0.2) is 20.8 Å². The second-order valence-corrected chi connectivity index (χ2v) is 5.18. The third-order valence-corrected chi connectivity index (χ3v) is 3.80. The second kappa shape index (κ2) is 4.33. The zero-order chi connectivity index (χ0) is 14.4. The van der Waals surface area contributed by atoms with E-state index in [0.29, 0.717) is 22.8 Å². The van der Waals surface area contributed by atoms with Gasteiger partial charge in [0.1, 0.15) is 0 Å². The molecule has 104 valence electrons. The highest BCUT2D eigenvalue weighted by Crippen LogP contribution is 2.21. The molecule has 1 aromatic heterocycles. The number of allylic oxidation sites excluding steroid dienone is 3. The molecule has 1 aliphatic heterocycles. The highest BCUT2D eigenvalue weighted by molar-refractivity contribution is 6.22. The summed E-state index contributed by atoms with van der Waals surface area (Å²) in [6.45, 7) is 5.34. The van der Waals surface area contributed by atoms with Crippen LogP contribution in [0.25, 0.3) is 0 Å². The Morgan fingerprint density at radius 3 is 2.65 bits per heavy atom. The molecule has 0 bridgehead atoms. The molecular formula is C14H17N5O. The third kappa shape index (κ3) is 1.76. The first-order valence-electron chi connectivity index (χ1n) is 6.62. The average Bonchev–Trinajstić information content (AvgIpc) is 2.95. The molecule has 0 aromatic carbocycles. The molecule has 6 heteroatoms. The van der Waals surface area contributed by atoms with Gasteiger partial charge in [-0.2, -0.15) is 0 Å². The lowest BCUT2D eigenvalue weighted by Gasteiger charge is -2.10. The van der Waals surface area contributed by atoms with Gasteiger partial charge >= 0.3 is 0 Å². The topological polar surface area (TPSA) is 89.2 Å². The minimum absolute atomic E-state index is 0.0630. The second-order valence-electron chi connectivity index (χ2n) is 5.18. The molecule has 3 N–H and O–H groups in total. The van der Waals surface area contributed by atoms with E-state index in [1.54, 1.807) is 16.8 Å². The van der Waals surface area contributed by atoms with Crippen LogP contribution < -0.4 is 11.3 Å². The van der Waals surface area contributed by atoms with Gasteiger partial charge in [-0.05, 0) is 38.0 Å². The summed E-state index contributed by atoms with van der Waals surface area (Å²) in [4.78, 5) is 16.8. The van der Waals surface area contributed by atoms with E-state index in [1.165, 1.54) is 0 Å². The van der Waals surface area contributed by atoms with Crippen LogP contribution in [-0.2, 0) is 13.1 Å². The van der Waals surface area contributed by atoms with E-state index in [0.717, 1.165) is 30.8 Å². The molecule has 0 fully saturated rings. The maximum atomic E-state index is 12.3. The average molecular weight is 271 g/mol. The minimum atomic E-state index is -0.0630. The normalized spacial score (nSPS) is 20.1. The van der Waals surface area contributed by atoms with Crippen LogP contribution in [0.5, 0.6) is 0 Å². The Hall–Kier alpha value is -2.37. The summed E-state index contributed by atoms with van der Waals surface area (Å²) >= 11 is 0. The predicted molar refractivity (Wildman–Crippen MR) is 78.9 cm³/mol. The lowest BCUT2D eigenvalue weighted by molar-refractivity contribution is 0.582. The van der Waals surface area contributed by atoms with Crippen molar-refractivity contribution < 1.29 is 0 Å². The molecule has 2 heterocycles. The number of aromatic nitrogens is 2. The molecule has 1 aromatic rings. The van der Waals surface area contributed by atoms with Crippen molar-refractivity contribution in [1.29, 1.82) is 5.41 Å². The van der Waals surface area contributed by atoms with E-state index in [9.17, 15) is 4.79 Å². The van der Waals surface area contributed by atoms with E-state index in [4.69, 9.17) is 11.1 Å². The summed E-state index contributed by atoms with van der Waals surface area (Å²) in [5, 5.41) is 7.71. The monoisotopic (exact) mass is 271 g/mol. The van der Waals surface area contributed by atoms with Gasteiger partial charge in [-0.1, -0.05) is 0 Å². The van der Waals surface area contributed by atoms with Crippen molar-refractivity contribution in [2.45, 2.75) is 33.4 Å². The van der Waals surface area contributed by atoms with Crippen molar-refractivity contribution in [1.82, 2.24) is 9.36 Å². The first-order valence-corrected chi connectivity index (χ1v) is 6.62. The van der Waals surface area contributed by atoms with Crippen LogP contribution in [0.2, 0.25) is 0 Å². The number of fused-ring (bicyclic) bond motifs is 1. The predicted octanol–water partition coefficient (Wildman–Crippen LogP) is 1.26. The highest BCUT2D eigenvalue weighted by atomic mass is 16.1. The Morgan fingerprint density at radius 1 is 1.25 bits per heavy atom. The van der Waals surface area contributed by atoms with Crippen molar-refractivity contribution in [3.05, 3.63) is 39.5 Å². The van der Waals surface area contributed by atoms with Crippen molar-refractivity contribution in [2.24, 2.45) is 10.7 Å². The SMILES string of the molecule is CC1=CC(=Nc2c(C)n3n(c2=O)CCC3)C(N)=CC1=N. The number of nitrogens with zero attached hydrogens (tertiary/aromatic N) is 3. The number of rotatable bonds is 1. The molecule has 20 heavy (non-hydrogen) atoms. The Balaban J connectivity index is 2.13. The first kappa shape index (κ1) is 12.7. The summed E-state index contributed by atoms with van der Waals surface area (Å²) in [6.07, 6.45) is 4.32. The first-order chi connectivity index (χ1) is 9.49. The molecule has 0 amide bonds. The van der Waals surface area contributed by atoms with E-state index in [1.807, 2.05) is 18.5 Å². The Morgan fingerprint density at radius 2 is 1.95 bits per heavy atom. The van der Waals surface area contributed by atoms with Gasteiger partial charge in [0.05, 0.1) is 22.8 Å². The lowest BCUT2D eigenvalue weighted by Crippen LogP contribution is -2.19. The number of aliphatic imine (C=N–C) groups is 1. The quantitative estimate of drug-likeness (QED) is 0.753. The Bertz CT molecular complexity index is 757. The Kier molecular flexibility index (Phi) is 2.74. The van der Waals surface area contributed by atoms with Crippen molar-refractivity contribution in [3.63, 3.8) is 0 Å². The van der Waals surface area contributed by atoms with Crippen molar-refractivity contribution >= 4 is 17.1 Å². The molecule has 2 aliphatic rings. The highest BCUT2D eigenvalue weighted by Gasteiger charge is 2.21. The zero-order valence-corrected chi connectivity index (χ0v) is 11.6. The van der Waals surface area contributed by atoms with Crippen molar-refractivity contribution in [2.75, 3.05) is 0 Å². The lowest BCUT2D eigenvalue weighted by atomic mass is 10.0. The van der Waals surface area contributed by atoms with Gasteiger partial charge in [-0.3, -0.25) is 9.48 Å². The van der Waals surface area contributed by atoms with Gasteiger partial charge < -0.3 is 11.1 Å². The zero-order valence-electron chi connectivity index (χ0n) is 11.6. The van der Waals surface area contributed by atoms with Gasteiger partial charge in [0.15, 0.2) is 5.69 Å². The third-order valence-electron chi connectivity index (χ3n) is 3.80. The van der Waals surface area contributed by atoms with Gasteiger partial charge in [-0.25, -0.2) is 9.67 Å². The fourth-order valence-electron chi connectivity index (χ4n) is 2.63. The summed E-state index contributed by atoms with van der Waals surface area (Å²) in [7, 11) is 0. The molecule has 1 aliphatic carbocycles.